The van der Waals surface area contributed by atoms with E-state index in [1.165, 1.54) is 27.2 Å². The van der Waals surface area contributed by atoms with E-state index in [4.69, 9.17) is 0 Å². The summed E-state index contributed by atoms with van der Waals surface area (Å²) in [6.07, 6.45) is 1.14. The molecule has 32 heavy (non-hydrogen) atoms. The zero-order chi connectivity index (χ0) is 23.5. The highest BCUT2D eigenvalue weighted by molar-refractivity contribution is 7.89. The number of pyridine rings is 1. The minimum atomic E-state index is -3.80. The van der Waals surface area contributed by atoms with Gasteiger partial charge in [-0.15, -0.1) is 5.10 Å². The van der Waals surface area contributed by atoms with Gasteiger partial charge in [0, 0.05) is 31.0 Å². The molecule has 0 aliphatic carbocycles. The molecule has 0 unspecified atom stereocenters. The maximum Gasteiger partial charge on any atom is 0.251 e. The Bertz CT molecular complexity index is 1300. The van der Waals surface area contributed by atoms with Gasteiger partial charge in [0.1, 0.15) is 18.0 Å². The molecule has 3 rings (SSSR count). The molecule has 3 aromatic rings. The number of anilines is 1. The smallest absolute Gasteiger partial charge is 0.251 e. The zero-order valence-corrected chi connectivity index (χ0v) is 18.5. The summed E-state index contributed by atoms with van der Waals surface area (Å²) >= 11 is 0. The van der Waals surface area contributed by atoms with E-state index in [-0.39, 0.29) is 29.4 Å². The zero-order valence-electron chi connectivity index (χ0n) is 17.7. The number of amides is 1. The van der Waals surface area contributed by atoms with Crippen LogP contribution < -0.4 is 10.9 Å². The van der Waals surface area contributed by atoms with Crippen molar-refractivity contribution >= 4 is 21.6 Å². The summed E-state index contributed by atoms with van der Waals surface area (Å²) < 4.78 is 43.0. The number of aromatic nitrogens is 5. The minimum absolute atomic E-state index is 0.0368. The molecule has 0 saturated carbocycles. The first kappa shape index (κ1) is 23.2. The van der Waals surface area contributed by atoms with Crippen molar-refractivity contribution in [3.8, 4) is 5.69 Å². The number of aryl methyl sites for hydroxylation is 1. The van der Waals surface area contributed by atoms with Crippen LogP contribution in [0.3, 0.4) is 0 Å². The third-order valence-corrected chi connectivity index (χ3v) is 6.73. The van der Waals surface area contributed by atoms with Crippen LogP contribution in [0.2, 0.25) is 0 Å². The number of nitrogens with one attached hydrogen (secondary N) is 1. The lowest BCUT2D eigenvalue weighted by Gasteiger charge is -2.19. The summed E-state index contributed by atoms with van der Waals surface area (Å²) in [4.78, 5) is 24.6. The number of nitrogens with zero attached hydrogens (tertiary/aromatic N) is 6. The Hall–Kier alpha value is -3.45. The maximum absolute atomic E-state index is 14.2. The first-order chi connectivity index (χ1) is 15.2. The molecule has 170 valence electrons. The van der Waals surface area contributed by atoms with E-state index in [0.717, 1.165) is 22.9 Å². The van der Waals surface area contributed by atoms with Crippen LogP contribution in [0.1, 0.15) is 19.7 Å². The highest BCUT2D eigenvalue weighted by Crippen LogP contribution is 2.19. The molecule has 11 nitrogen and oxygen atoms in total. The number of benzene rings is 1. The molecule has 0 atom stereocenters. The molecule has 0 bridgehead atoms. The van der Waals surface area contributed by atoms with Crippen molar-refractivity contribution in [3.63, 3.8) is 0 Å². The second kappa shape index (κ2) is 9.36. The molecule has 0 saturated heterocycles. The summed E-state index contributed by atoms with van der Waals surface area (Å²) in [6, 6.07) is 6.15. The molecule has 2 heterocycles. The average molecular weight is 463 g/mol. The van der Waals surface area contributed by atoms with E-state index in [0.29, 0.717) is 5.82 Å². The van der Waals surface area contributed by atoms with Gasteiger partial charge in [-0.05, 0) is 41.6 Å². The van der Waals surface area contributed by atoms with Crippen molar-refractivity contribution in [2.45, 2.75) is 32.2 Å². The lowest BCUT2D eigenvalue weighted by Crippen LogP contribution is -2.33. The first-order valence-corrected chi connectivity index (χ1v) is 11.2. The number of sulfonamides is 1. The van der Waals surface area contributed by atoms with Crippen LogP contribution in [0, 0.1) is 12.7 Å². The second-order valence-corrected chi connectivity index (χ2v) is 8.71. The van der Waals surface area contributed by atoms with Gasteiger partial charge in [-0.3, -0.25) is 9.59 Å². The topological polar surface area (TPSA) is 132 Å². The number of hydrogen-bond donors (Lipinski definition) is 1. The van der Waals surface area contributed by atoms with E-state index >= 15 is 0 Å². The van der Waals surface area contributed by atoms with Crippen molar-refractivity contribution in [2.75, 3.05) is 18.4 Å². The highest BCUT2D eigenvalue weighted by atomic mass is 32.2. The van der Waals surface area contributed by atoms with Gasteiger partial charge >= 0.3 is 0 Å². The van der Waals surface area contributed by atoms with Crippen molar-refractivity contribution in [3.05, 3.63) is 58.5 Å². The number of carbonyl (C=O) groups is 1. The number of carbonyl (C=O) groups excluding carboxylic acids is 1. The van der Waals surface area contributed by atoms with Crippen LogP contribution in [0.5, 0.6) is 0 Å². The largest absolute Gasteiger partial charge is 0.324 e. The van der Waals surface area contributed by atoms with Crippen molar-refractivity contribution in [1.82, 2.24) is 29.1 Å². The highest BCUT2D eigenvalue weighted by Gasteiger charge is 2.22. The number of hydrogen-bond acceptors (Lipinski definition) is 7. The molecule has 0 radical (unpaired) electrons. The number of tetrazole rings is 1. The summed E-state index contributed by atoms with van der Waals surface area (Å²) in [5.74, 6) is -0.843. The molecule has 0 spiro atoms. The standard InChI is InChI=1S/C19H22FN7O4S/c1-4-26(5-2)32(30,31)15-7-9-19(29)25(11-15)12-18(28)21-14-6-8-16(20)17(10-14)27-13(3)22-23-24-27/h6-11H,4-5,12H2,1-3H3,(H,21,28). The Balaban J connectivity index is 1.83. The number of rotatable bonds is 8. The van der Waals surface area contributed by atoms with Crippen molar-refractivity contribution < 1.29 is 17.6 Å². The maximum atomic E-state index is 14.2. The Labute approximate surface area is 183 Å². The van der Waals surface area contributed by atoms with Gasteiger partial charge < -0.3 is 9.88 Å². The first-order valence-electron chi connectivity index (χ1n) is 9.72. The van der Waals surface area contributed by atoms with E-state index < -0.39 is 33.9 Å². The minimum Gasteiger partial charge on any atom is -0.324 e. The third kappa shape index (κ3) is 4.73. The molecule has 0 fully saturated rings. The lowest BCUT2D eigenvalue weighted by molar-refractivity contribution is -0.116. The van der Waals surface area contributed by atoms with Crippen LogP contribution in [-0.2, 0) is 21.4 Å². The molecule has 13 heteroatoms. The van der Waals surface area contributed by atoms with Crippen LogP contribution in [0.4, 0.5) is 10.1 Å². The Kier molecular flexibility index (Phi) is 6.79. The summed E-state index contributed by atoms with van der Waals surface area (Å²) in [5.41, 5.74) is -0.251. The van der Waals surface area contributed by atoms with Gasteiger partial charge in [-0.25, -0.2) is 12.8 Å². The molecule has 2 aromatic heterocycles. The Morgan fingerprint density at radius 2 is 1.91 bits per heavy atom. The van der Waals surface area contributed by atoms with Gasteiger partial charge in [0.15, 0.2) is 5.82 Å². The summed E-state index contributed by atoms with van der Waals surface area (Å²) in [6.45, 7) is 5.11. The fourth-order valence-electron chi connectivity index (χ4n) is 3.06. The predicted molar refractivity (Wildman–Crippen MR) is 113 cm³/mol. The molecule has 1 N–H and O–H groups in total. The molecular weight excluding hydrogens is 441 g/mol. The second-order valence-electron chi connectivity index (χ2n) is 6.77. The van der Waals surface area contributed by atoms with Crippen molar-refractivity contribution in [1.29, 1.82) is 0 Å². The normalized spacial score (nSPS) is 11.7. The van der Waals surface area contributed by atoms with Gasteiger partial charge in [-0.1, -0.05) is 13.8 Å². The molecular formula is C19H22FN7O4S. The lowest BCUT2D eigenvalue weighted by atomic mass is 10.2. The summed E-state index contributed by atoms with van der Waals surface area (Å²) in [7, 11) is -3.80. The molecule has 0 aliphatic rings. The monoisotopic (exact) mass is 463 g/mol. The fourth-order valence-corrected chi connectivity index (χ4v) is 4.54. The van der Waals surface area contributed by atoms with Gasteiger partial charge in [0.05, 0.1) is 4.90 Å². The molecule has 1 aromatic carbocycles. The van der Waals surface area contributed by atoms with E-state index in [9.17, 15) is 22.4 Å². The quantitative estimate of drug-likeness (QED) is 0.526. The van der Waals surface area contributed by atoms with E-state index in [1.54, 1.807) is 20.8 Å². The average Bonchev–Trinajstić information content (AvgIpc) is 3.17. The molecule has 1 amide bonds. The van der Waals surface area contributed by atoms with Gasteiger partial charge in [0.25, 0.3) is 5.56 Å². The Morgan fingerprint density at radius 3 is 2.53 bits per heavy atom. The van der Waals surface area contributed by atoms with Crippen LogP contribution in [-0.4, -0.2) is 56.5 Å². The van der Waals surface area contributed by atoms with Gasteiger partial charge in [0.2, 0.25) is 15.9 Å². The van der Waals surface area contributed by atoms with E-state index in [2.05, 4.69) is 20.8 Å². The SMILES string of the molecule is CCN(CC)S(=O)(=O)c1ccc(=O)n(CC(=O)Nc2ccc(F)c(-n3nnnc3C)c2)c1. The Morgan fingerprint density at radius 1 is 1.19 bits per heavy atom. The van der Waals surface area contributed by atoms with E-state index in [1.807, 2.05) is 0 Å². The van der Waals surface area contributed by atoms with Crippen LogP contribution >= 0.6 is 0 Å². The summed E-state index contributed by atoms with van der Waals surface area (Å²) in [5, 5.41) is 13.4. The predicted octanol–water partition coefficient (Wildman–Crippen LogP) is 0.941. The third-order valence-electron chi connectivity index (χ3n) is 4.70. The van der Waals surface area contributed by atoms with Crippen LogP contribution in [0.25, 0.3) is 5.69 Å². The van der Waals surface area contributed by atoms with Crippen LogP contribution in [0.15, 0.2) is 46.2 Å². The molecule has 0 aliphatic heterocycles. The fraction of sp³-hybridized carbons (Fsp3) is 0.316. The van der Waals surface area contributed by atoms with Gasteiger partial charge in [-0.2, -0.15) is 8.99 Å². The number of halogens is 1. The van der Waals surface area contributed by atoms with Crippen molar-refractivity contribution in [2.24, 2.45) is 0 Å².